The maximum Gasteiger partial charge on any atom is 0.251 e. The van der Waals surface area contributed by atoms with Gasteiger partial charge in [-0.15, -0.1) is 0 Å². The highest BCUT2D eigenvalue weighted by Gasteiger charge is 2.41. The molecule has 2 fully saturated rings. The molecule has 0 unspecified atom stereocenters. The molecule has 0 aromatic carbocycles. The van der Waals surface area contributed by atoms with E-state index < -0.39 is 6.10 Å². The molecule has 2 amide bonds. The lowest BCUT2D eigenvalue weighted by atomic mass is 9.72. The first-order chi connectivity index (χ1) is 12.5. The Balaban J connectivity index is 1.51. The van der Waals surface area contributed by atoms with Crippen LogP contribution in [0.5, 0.6) is 0 Å². The molecule has 0 aliphatic carbocycles. The molecule has 144 valence electrons. The molecule has 7 nitrogen and oxygen atoms in total. The maximum atomic E-state index is 12.3. The SMILES string of the molecule is CC[C@H](O)C(=O)N1CCC2(CCC(=O)N(CCCn3ccnc3)C2)CC1. The first-order valence-corrected chi connectivity index (χ1v) is 9.73. The van der Waals surface area contributed by atoms with Crippen LogP contribution in [0.1, 0.15) is 45.4 Å². The second kappa shape index (κ2) is 8.20. The molecule has 2 aliphatic rings. The molecule has 3 heterocycles. The second-order valence-corrected chi connectivity index (χ2v) is 7.72. The summed E-state index contributed by atoms with van der Waals surface area (Å²) in [5.74, 6) is 0.104. The Morgan fingerprint density at radius 2 is 2.08 bits per heavy atom. The summed E-state index contributed by atoms with van der Waals surface area (Å²) in [4.78, 5) is 32.3. The maximum absolute atomic E-state index is 12.3. The lowest BCUT2D eigenvalue weighted by Crippen LogP contribution is -2.53. The Bertz CT molecular complexity index is 608. The normalized spacial score (nSPS) is 21.2. The van der Waals surface area contributed by atoms with Gasteiger partial charge in [0.15, 0.2) is 0 Å². The number of aryl methyl sites for hydroxylation is 1. The van der Waals surface area contributed by atoms with E-state index in [0.29, 0.717) is 25.9 Å². The number of aromatic nitrogens is 2. The summed E-state index contributed by atoms with van der Waals surface area (Å²) >= 11 is 0. The van der Waals surface area contributed by atoms with Crippen LogP contribution in [0.25, 0.3) is 0 Å². The van der Waals surface area contributed by atoms with Gasteiger partial charge in [-0.05, 0) is 37.5 Å². The smallest absolute Gasteiger partial charge is 0.251 e. The van der Waals surface area contributed by atoms with Gasteiger partial charge in [0.2, 0.25) is 5.91 Å². The van der Waals surface area contributed by atoms with Crippen molar-refractivity contribution in [2.45, 2.75) is 58.1 Å². The van der Waals surface area contributed by atoms with E-state index in [4.69, 9.17) is 0 Å². The summed E-state index contributed by atoms with van der Waals surface area (Å²) in [5, 5.41) is 9.78. The monoisotopic (exact) mass is 362 g/mol. The van der Waals surface area contributed by atoms with E-state index >= 15 is 0 Å². The molecule has 1 N–H and O–H groups in total. The van der Waals surface area contributed by atoms with Crippen molar-refractivity contribution >= 4 is 11.8 Å². The second-order valence-electron chi connectivity index (χ2n) is 7.72. The van der Waals surface area contributed by atoms with Crippen molar-refractivity contribution in [3.05, 3.63) is 18.7 Å². The van der Waals surface area contributed by atoms with E-state index in [2.05, 4.69) is 4.98 Å². The van der Waals surface area contributed by atoms with Crippen molar-refractivity contribution in [3.63, 3.8) is 0 Å². The van der Waals surface area contributed by atoms with Crippen LogP contribution in [0.2, 0.25) is 0 Å². The molecular formula is C19H30N4O3. The Hall–Kier alpha value is -1.89. The average molecular weight is 362 g/mol. The standard InChI is InChI=1S/C19H30N4O3/c1-2-16(24)18(26)22-11-6-19(7-12-22)5-4-17(25)23(14-19)10-3-9-21-13-8-20-15-21/h8,13,15-16,24H,2-7,9-12,14H2,1H3/t16-/m0/s1. The molecule has 1 aromatic rings. The van der Waals surface area contributed by atoms with E-state index in [1.165, 1.54) is 0 Å². The molecule has 3 rings (SSSR count). The van der Waals surface area contributed by atoms with Crippen molar-refractivity contribution in [2.75, 3.05) is 26.2 Å². The lowest BCUT2D eigenvalue weighted by molar-refractivity contribution is -0.147. The van der Waals surface area contributed by atoms with E-state index in [1.807, 2.05) is 22.6 Å². The number of hydrogen-bond donors (Lipinski definition) is 1. The van der Waals surface area contributed by atoms with Crippen LogP contribution in [0, 0.1) is 5.41 Å². The fraction of sp³-hybridized carbons (Fsp3) is 0.737. The average Bonchev–Trinajstić information content (AvgIpc) is 3.17. The van der Waals surface area contributed by atoms with Crippen molar-refractivity contribution in [1.82, 2.24) is 19.4 Å². The summed E-state index contributed by atoms with van der Waals surface area (Å²) in [7, 11) is 0. The van der Waals surface area contributed by atoms with Gasteiger partial charge in [0.1, 0.15) is 6.10 Å². The summed E-state index contributed by atoms with van der Waals surface area (Å²) in [6, 6.07) is 0. The molecule has 0 saturated carbocycles. The van der Waals surface area contributed by atoms with E-state index in [-0.39, 0.29) is 17.2 Å². The minimum absolute atomic E-state index is 0.136. The number of imidazole rings is 1. The zero-order valence-corrected chi connectivity index (χ0v) is 15.6. The highest BCUT2D eigenvalue weighted by molar-refractivity contribution is 5.80. The number of aliphatic hydroxyl groups excluding tert-OH is 1. The van der Waals surface area contributed by atoms with E-state index in [1.54, 1.807) is 17.4 Å². The highest BCUT2D eigenvalue weighted by atomic mass is 16.3. The predicted octanol–water partition coefficient (Wildman–Crippen LogP) is 1.28. The fourth-order valence-electron chi connectivity index (χ4n) is 4.16. The van der Waals surface area contributed by atoms with Crippen LogP contribution in [-0.2, 0) is 16.1 Å². The lowest BCUT2D eigenvalue weighted by Gasteiger charge is -2.47. The van der Waals surface area contributed by atoms with Crippen LogP contribution in [0.3, 0.4) is 0 Å². The molecule has 2 saturated heterocycles. The zero-order chi connectivity index (χ0) is 18.6. The van der Waals surface area contributed by atoms with Gasteiger partial charge in [-0.2, -0.15) is 0 Å². The zero-order valence-electron chi connectivity index (χ0n) is 15.6. The summed E-state index contributed by atoms with van der Waals surface area (Å²) in [5.41, 5.74) is 0.136. The Morgan fingerprint density at radius 3 is 2.73 bits per heavy atom. The third kappa shape index (κ3) is 4.26. The van der Waals surface area contributed by atoms with Gasteiger partial charge in [0, 0.05) is 51.5 Å². The minimum atomic E-state index is -0.878. The minimum Gasteiger partial charge on any atom is -0.383 e. The van der Waals surface area contributed by atoms with Crippen LogP contribution in [-0.4, -0.2) is 68.6 Å². The topological polar surface area (TPSA) is 78.7 Å². The molecule has 1 spiro atoms. The van der Waals surface area contributed by atoms with Crippen LogP contribution < -0.4 is 0 Å². The van der Waals surface area contributed by atoms with Gasteiger partial charge in [0.25, 0.3) is 5.91 Å². The Labute approximate surface area is 155 Å². The number of aliphatic hydroxyl groups is 1. The van der Waals surface area contributed by atoms with Gasteiger partial charge in [-0.1, -0.05) is 6.92 Å². The number of carbonyl (C=O) groups excluding carboxylic acids is 2. The number of piperidine rings is 2. The van der Waals surface area contributed by atoms with Gasteiger partial charge < -0.3 is 19.5 Å². The van der Waals surface area contributed by atoms with E-state index in [9.17, 15) is 14.7 Å². The van der Waals surface area contributed by atoms with Gasteiger partial charge in [-0.25, -0.2) is 4.98 Å². The Kier molecular flexibility index (Phi) is 5.96. The first kappa shape index (κ1) is 18.9. The molecular weight excluding hydrogens is 332 g/mol. The summed E-state index contributed by atoms with van der Waals surface area (Å²) in [6.07, 6.45) is 9.38. The molecule has 1 aromatic heterocycles. The molecule has 0 radical (unpaired) electrons. The van der Waals surface area contributed by atoms with E-state index in [0.717, 1.165) is 45.3 Å². The van der Waals surface area contributed by atoms with Gasteiger partial charge in [-0.3, -0.25) is 9.59 Å². The third-order valence-corrected chi connectivity index (χ3v) is 5.96. The van der Waals surface area contributed by atoms with Crippen LogP contribution >= 0.6 is 0 Å². The number of carbonyl (C=O) groups is 2. The largest absolute Gasteiger partial charge is 0.383 e. The number of amides is 2. The van der Waals surface area contributed by atoms with Crippen LogP contribution in [0.15, 0.2) is 18.7 Å². The van der Waals surface area contributed by atoms with Crippen molar-refractivity contribution in [1.29, 1.82) is 0 Å². The van der Waals surface area contributed by atoms with Crippen LogP contribution in [0.4, 0.5) is 0 Å². The van der Waals surface area contributed by atoms with Crippen molar-refractivity contribution in [2.24, 2.45) is 5.41 Å². The fourth-order valence-corrected chi connectivity index (χ4v) is 4.16. The van der Waals surface area contributed by atoms with Gasteiger partial charge >= 0.3 is 0 Å². The molecule has 7 heteroatoms. The molecule has 0 bridgehead atoms. The number of likely N-dealkylation sites (tertiary alicyclic amines) is 2. The van der Waals surface area contributed by atoms with Crippen molar-refractivity contribution in [3.8, 4) is 0 Å². The molecule has 2 aliphatic heterocycles. The number of rotatable bonds is 6. The molecule has 26 heavy (non-hydrogen) atoms. The first-order valence-electron chi connectivity index (χ1n) is 9.73. The summed E-state index contributed by atoms with van der Waals surface area (Å²) < 4.78 is 2.04. The third-order valence-electron chi connectivity index (χ3n) is 5.96. The number of hydrogen-bond acceptors (Lipinski definition) is 4. The summed E-state index contributed by atoms with van der Waals surface area (Å²) in [6.45, 7) is 5.64. The molecule has 1 atom stereocenters. The highest BCUT2D eigenvalue weighted by Crippen LogP contribution is 2.40. The quantitative estimate of drug-likeness (QED) is 0.827. The van der Waals surface area contributed by atoms with Crippen molar-refractivity contribution < 1.29 is 14.7 Å². The predicted molar refractivity (Wildman–Crippen MR) is 97.2 cm³/mol. The Morgan fingerprint density at radius 1 is 1.31 bits per heavy atom. The number of nitrogens with zero attached hydrogens (tertiary/aromatic N) is 4. The van der Waals surface area contributed by atoms with Gasteiger partial charge in [0.05, 0.1) is 6.33 Å².